The third kappa shape index (κ3) is 2.62. The van der Waals surface area contributed by atoms with Gasteiger partial charge in [0.15, 0.2) is 0 Å². The molecule has 0 aliphatic rings. The largest absolute Gasteiger partial charge is 0.324 e. The number of hydrogen-bond acceptors (Lipinski definition) is 3. The van der Waals surface area contributed by atoms with Gasteiger partial charge in [-0.2, -0.15) is 0 Å². The van der Waals surface area contributed by atoms with Gasteiger partial charge in [-0.15, -0.1) is 11.3 Å². The van der Waals surface area contributed by atoms with Crippen LogP contribution in [-0.4, -0.2) is 16.1 Å². The molecule has 3 aromatic rings. The second kappa shape index (κ2) is 5.77. The van der Waals surface area contributed by atoms with E-state index in [1.807, 2.05) is 6.07 Å². The van der Waals surface area contributed by atoms with Crippen LogP contribution in [-0.2, 0) is 6.54 Å². The van der Waals surface area contributed by atoms with Gasteiger partial charge in [-0.25, -0.2) is 4.98 Å². The summed E-state index contributed by atoms with van der Waals surface area (Å²) in [6, 6.07) is 13.0. The highest BCUT2D eigenvalue weighted by atomic mass is 32.1. The minimum absolute atomic E-state index is 0.391. The summed E-state index contributed by atoms with van der Waals surface area (Å²) in [7, 11) is 0. The van der Waals surface area contributed by atoms with Crippen LogP contribution in [0.4, 0.5) is 0 Å². The van der Waals surface area contributed by atoms with Gasteiger partial charge in [0.25, 0.3) is 0 Å². The Bertz CT molecular complexity index is 685. The van der Waals surface area contributed by atoms with E-state index in [9.17, 15) is 0 Å². The number of thiophene rings is 1. The second-order valence-corrected chi connectivity index (χ2v) is 6.11. The van der Waals surface area contributed by atoms with Crippen molar-refractivity contribution in [1.29, 1.82) is 0 Å². The first-order chi connectivity index (χ1) is 9.75. The van der Waals surface area contributed by atoms with Crippen LogP contribution in [0.15, 0.2) is 41.8 Å². The Kier molecular flexibility index (Phi) is 3.85. The maximum atomic E-state index is 4.63. The van der Waals surface area contributed by atoms with Crippen molar-refractivity contribution in [3.05, 3.63) is 52.5 Å². The molecule has 1 N–H and O–H groups in total. The molecule has 1 unspecified atom stereocenters. The molecule has 2 heterocycles. The van der Waals surface area contributed by atoms with Gasteiger partial charge in [0.05, 0.1) is 11.0 Å². The Labute approximate surface area is 123 Å². The van der Waals surface area contributed by atoms with Crippen LogP contribution < -0.4 is 5.32 Å². The monoisotopic (exact) mass is 285 g/mol. The van der Waals surface area contributed by atoms with Crippen LogP contribution >= 0.6 is 11.3 Å². The first-order valence-corrected chi connectivity index (χ1v) is 7.80. The Hall–Kier alpha value is -1.65. The zero-order valence-electron chi connectivity index (χ0n) is 11.8. The van der Waals surface area contributed by atoms with Crippen molar-refractivity contribution in [3.8, 4) is 0 Å². The smallest absolute Gasteiger partial charge is 0.107 e. The topological polar surface area (TPSA) is 29.9 Å². The van der Waals surface area contributed by atoms with Crippen molar-refractivity contribution in [3.63, 3.8) is 0 Å². The first kappa shape index (κ1) is 13.3. The van der Waals surface area contributed by atoms with E-state index in [4.69, 9.17) is 0 Å². The minimum Gasteiger partial charge on any atom is -0.324 e. The van der Waals surface area contributed by atoms with Crippen molar-refractivity contribution >= 4 is 22.4 Å². The van der Waals surface area contributed by atoms with Crippen molar-refractivity contribution in [1.82, 2.24) is 14.9 Å². The molecule has 20 heavy (non-hydrogen) atoms. The lowest BCUT2D eigenvalue weighted by molar-refractivity contribution is 0.496. The summed E-state index contributed by atoms with van der Waals surface area (Å²) in [6.07, 6.45) is 0. The van der Waals surface area contributed by atoms with Crippen molar-refractivity contribution in [2.45, 2.75) is 26.4 Å². The Morgan fingerprint density at radius 2 is 2.10 bits per heavy atom. The standard InChI is InChI=1S/C16H19N3S/c1-12(10-17-11-14-6-5-9-20-14)19-13(2)18-15-7-3-4-8-16(15)19/h3-9,12,17H,10-11H2,1-2H3. The molecular formula is C16H19N3S. The molecule has 0 bridgehead atoms. The maximum absolute atomic E-state index is 4.63. The van der Waals surface area contributed by atoms with E-state index in [1.165, 1.54) is 10.4 Å². The molecular weight excluding hydrogens is 266 g/mol. The lowest BCUT2D eigenvalue weighted by Gasteiger charge is -2.17. The molecule has 0 spiro atoms. The van der Waals surface area contributed by atoms with Crippen LogP contribution in [0.3, 0.4) is 0 Å². The SMILES string of the molecule is Cc1nc2ccccc2n1C(C)CNCc1cccs1. The molecule has 0 amide bonds. The van der Waals surface area contributed by atoms with Gasteiger partial charge in [0.1, 0.15) is 5.82 Å². The molecule has 2 aromatic heterocycles. The van der Waals surface area contributed by atoms with Crippen molar-refractivity contribution in [2.75, 3.05) is 6.54 Å². The Morgan fingerprint density at radius 1 is 1.25 bits per heavy atom. The Morgan fingerprint density at radius 3 is 2.90 bits per heavy atom. The molecule has 1 atom stereocenters. The second-order valence-electron chi connectivity index (χ2n) is 5.08. The number of hydrogen-bond donors (Lipinski definition) is 1. The van der Waals surface area contributed by atoms with Gasteiger partial charge in [-0.1, -0.05) is 18.2 Å². The average molecular weight is 285 g/mol. The summed E-state index contributed by atoms with van der Waals surface area (Å²) in [4.78, 5) is 6.01. The number of rotatable bonds is 5. The molecule has 3 nitrogen and oxygen atoms in total. The molecule has 1 aromatic carbocycles. The predicted molar refractivity (Wildman–Crippen MR) is 85.2 cm³/mol. The summed E-state index contributed by atoms with van der Waals surface area (Å²) in [5.74, 6) is 1.08. The van der Waals surface area contributed by atoms with Gasteiger partial charge in [0, 0.05) is 24.0 Å². The third-order valence-corrected chi connectivity index (χ3v) is 4.41. The number of aromatic nitrogens is 2. The van der Waals surface area contributed by atoms with Crippen LogP contribution in [0.25, 0.3) is 11.0 Å². The normalized spacial score (nSPS) is 12.9. The molecule has 0 aliphatic heterocycles. The molecule has 104 valence electrons. The third-order valence-electron chi connectivity index (χ3n) is 3.53. The summed E-state index contributed by atoms with van der Waals surface area (Å²) >= 11 is 1.80. The number of fused-ring (bicyclic) bond motifs is 1. The van der Waals surface area contributed by atoms with Crippen LogP contribution in [0, 0.1) is 6.92 Å². The van der Waals surface area contributed by atoms with Gasteiger partial charge in [0.2, 0.25) is 0 Å². The van der Waals surface area contributed by atoms with E-state index in [2.05, 4.69) is 64.4 Å². The molecule has 0 radical (unpaired) electrons. The van der Waals surface area contributed by atoms with Crippen LogP contribution in [0.1, 0.15) is 23.7 Å². The fraction of sp³-hybridized carbons (Fsp3) is 0.312. The maximum Gasteiger partial charge on any atom is 0.107 e. The van der Waals surface area contributed by atoms with Crippen molar-refractivity contribution in [2.24, 2.45) is 0 Å². The van der Waals surface area contributed by atoms with E-state index in [0.29, 0.717) is 6.04 Å². The molecule has 0 saturated heterocycles. The molecule has 4 heteroatoms. The average Bonchev–Trinajstić information content (AvgIpc) is 3.04. The van der Waals surface area contributed by atoms with E-state index in [1.54, 1.807) is 11.3 Å². The molecule has 0 saturated carbocycles. The number of benzene rings is 1. The number of imidazole rings is 1. The van der Waals surface area contributed by atoms with Gasteiger partial charge in [-0.3, -0.25) is 0 Å². The summed E-state index contributed by atoms with van der Waals surface area (Å²) < 4.78 is 2.32. The van der Waals surface area contributed by atoms with Gasteiger partial charge < -0.3 is 9.88 Å². The highest BCUT2D eigenvalue weighted by Crippen LogP contribution is 2.20. The predicted octanol–water partition coefficient (Wildman–Crippen LogP) is 3.76. The lowest BCUT2D eigenvalue weighted by Crippen LogP contribution is -2.23. The number of para-hydroxylation sites is 2. The molecule has 3 rings (SSSR count). The fourth-order valence-corrected chi connectivity index (χ4v) is 3.30. The van der Waals surface area contributed by atoms with E-state index >= 15 is 0 Å². The highest BCUT2D eigenvalue weighted by Gasteiger charge is 2.12. The van der Waals surface area contributed by atoms with E-state index in [-0.39, 0.29) is 0 Å². The van der Waals surface area contributed by atoms with Gasteiger partial charge >= 0.3 is 0 Å². The minimum atomic E-state index is 0.391. The Balaban J connectivity index is 1.72. The number of aryl methyl sites for hydroxylation is 1. The first-order valence-electron chi connectivity index (χ1n) is 6.92. The van der Waals surface area contributed by atoms with Crippen molar-refractivity contribution < 1.29 is 0 Å². The molecule has 0 fully saturated rings. The summed E-state index contributed by atoms with van der Waals surface area (Å²) in [5.41, 5.74) is 2.30. The summed E-state index contributed by atoms with van der Waals surface area (Å²) in [6.45, 7) is 6.20. The zero-order valence-corrected chi connectivity index (χ0v) is 12.7. The lowest BCUT2D eigenvalue weighted by atomic mass is 10.2. The van der Waals surface area contributed by atoms with E-state index < -0.39 is 0 Å². The number of nitrogens with one attached hydrogen (secondary N) is 1. The highest BCUT2D eigenvalue weighted by molar-refractivity contribution is 7.09. The van der Waals surface area contributed by atoms with Crippen LogP contribution in [0.5, 0.6) is 0 Å². The van der Waals surface area contributed by atoms with E-state index in [0.717, 1.165) is 24.4 Å². The summed E-state index contributed by atoms with van der Waals surface area (Å²) in [5, 5.41) is 5.65. The quantitative estimate of drug-likeness (QED) is 0.773. The molecule has 0 aliphatic carbocycles. The zero-order chi connectivity index (χ0) is 13.9. The van der Waals surface area contributed by atoms with Crippen LogP contribution in [0.2, 0.25) is 0 Å². The van der Waals surface area contributed by atoms with Gasteiger partial charge in [-0.05, 0) is 37.4 Å². The number of nitrogens with zero attached hydrogens (tertiary/aromatic N) is 2. The fourth-order valence-electron chi connectivity index (χ4n) is 2.63.